The smallest absolute Gasteiger partial charge is 0.488 e. The second-order valence-corrected chi connectivity index (χ2v) is 21.2. The average Bonchev–Trinajstić information content (AvgIpc) is 1.64. The van der Waals surface area contributed by atoms with Gasteiger partial charge < -0.3 is 129 Å². The van der Waals surface area contributed by atoms with Crippen LogP contribution in [0.15, 0.2) is 195 Å². The van der Waals surface area contributed by atoms with Gasteiger partial charge >= 0.3 is 28.5 Å². The van der Waals surface area contributed by atoms with Crippen molar-refractivity contribution >= 4 is 74.0 Å². The highest BCUT2D eigenvalue weighted by Gasteiger charge is 2.27. The Bertz CT molecular complexity index is 3770. The first-order valence-electron chi connectivity index (χ1n) is 28.5. The molecule has 4 aromatic heterocycles. The van der Waals surface area contributed by atoms with Gasteiger partial charge in [-0.05, 0) is 78.7 Å². The summed E-state index contributed by atoms with van der Waals surface area (Å²) >= 11 is 0. The Morgan fingerprint density at radius 3 is 1.20 bits per heavy atom. The van der Waals surface area contributed by atoms with Crippen LogP contribution in [0.4, 0.5) is 0 Å². The first-order valence-corrected chi connectivity index (χ1v) is 28.5. The van der Waals surface area contributed by atoms with Crippen molar-refractivity contribution in [3.8, 4) is 22.3 Å². The topological polar surface area (TPSA) is 294 Å². The highest BCUT2D eigenvalue weighted by Crippen LogP contribution is 2.20. The summed E-state index contributed by atoms with van der Waals surface area (Å²) in [5.74, 6) is -1.77. The Balaban J connectivity index is 0.00000442. The molecule has 28 heteroatoms. The number of nitrogens with one attached hydrogen (secondary N) is 4. The summed E-state index contributed by atoms with van der Waals surface area (Å²) in [6.45, 7) is 6.79. The van der Waals surface area contributed by atoms with Crippen molar-refractivity contribution in [2.75, 3.05) is 19.6 Å². The lowest BCUT2D eigenvalue weighted by Gasteiger charge is -2.19. The molecule has 8 aromatic rings. The van der Waals surface area contributed by atoms with E-state index in [4.69, 9.17) is 0 Å². The lowest BCUT2D eigenvalue weighted by atomic mass is 9.77. The van der Waals surface area contributed by atoms with Crippen molar-refractivity contribution in [2.45, 2.75) is 64.8 Å². The van der Waals surface area contributed by atoms with E-state index in [1.54, 1.807) is 126 Å². The molecular weight excluding hydrogens is 1420 g/mol. The molecule has 4 aromatic carbocycles. The van der Waals surface area contributed by atoms with Crippen molar-refractivity contribution in [2.24, 2.45) is 0 Å². The molecule has 4 amide bonds. The fourth-order valence-electron chi connectivity index (χ4n) is 10.2. The van der Waals surface area contributed by atoms with Crippen molar-refractivity contribution in [3.05, 3.63) is 229 Å². The van der Waals surface area contributed by atoms with E-state index in [1.165, 1.54) is 0 Å². The van der Waals surface area contributed by atoms with Gasteiger partial charge in [-0.2, -0.15) is 9.13 Å². The molecule has 20 nitrogen and oxygen atoms in total. The summed E-state index contributed by atoms with van der Waals surface area (Å²) in [7, 11) is -6.84. The molecule has 0 saturated carbocycles. The largest absolute Gasteiger partial charge is 1.00 e. The lowest BCUT2D eigenvalue weighted by Crippen LogP contribution is -3.00. The van der Waals surface area contributed by atoms with Crippen LogP contribution in [0.25, 0.3) is 22.3 Å². The van der Waals surface area contributed by atoms with E-state index in [-0.39, 0.29) is 131 Å². The van der Waals surface area contributed by atoms with E-state index >= 15 is 0 Å². The number of amides is 4. The lowest BCUT2D eigenvalue weighted by molar-refractivity contribution is -0.689. The van der Waals surface area contributed by atoms with Gasteiger partial charge in [0.2, 0.25) is 11.8 Å². The Labute approximate surface area is 572 Å². The number of hydrogen-bond acceptors (Lipinski definition) is 12. The Kier molecular flexibility index (Phi) is 31.5. The van der Waals surface area contributed by atoms with Gasteiger partial charge in [-0.1, -0.05) is 104 Å². The van der Waals surface area contributed by atoms with E-state index in [1.807, 2.05) is 82.7 Å². The van der Waals surface area contributed by atoms with Gasteiger partial charge in [0.1, 0.15) is 17.2 Å². The van der Waals surface area contributed by atoms with Gasteiger partial charge in [0, 0.05) is 59.6 Å². The molecule has 474 valence electrons. The summed E-state index contributed by atoms with van der Waals surface area (Å²) in [6.07, 6.45) is 15.7. The Morgan fingerprint density at radius 1 is 0.429 bits per heavy atom. The molecule has 1 unspecified atom stereocenters. The van der Waals surface area contributed by atoms with Gasteiger partial charge in [-0.3, -0.25) is 19.2 Å². The maximum absolute atomic E-state index is 14.6. The highest BCUT2D eigenvalue weighted by molar-refractivity contribution is 6.60. The van der Waals surface area contributed by atoms with Crippen LogP contribution in [0, 0.1) is 0 Å². The minimum atomic E-state index is -1.77. The quantitative estimate of drug-likeness (QED) is 0.00943. The maximum Gasteiger partial charge on any atom is 0.488 e. The van der Waals surface area contributed by atoms with Crippen LogP contribution in [-0.2, 0) is 35.8 Å². The zero-order chi connectivity index (χ0) is 62.0. The van der Waals surface area contributed by atoms with E-state index in [9.17, 15) is 59.4 Å². The number of unbranched alkanes of at least 4 members (excludes halogenated alkanes) is 1. The number of carbonyl (C=O) groups excluding carboxylic acids is 4. The summed E-state index contributed by atoms with van der Waals surface area (Å²) < 4.78 is 7.30. The zero-order valence-electron chi connectivity index (χ0n) is 49.7. The molecule has 4 heterocycles. The normalized spacial score (nSPS) is 10.8. The van der Waals surface area contributed by atoms with E-state index < -0.39 is 52.2 Å². The summed E-state index contributed by atoms with van der Waals surface area (Å²) in [6, 6.07) is 37.4. The molecule has 91 heavy (non-hydrogen) atoms. The number of nitrogens with zero attached hydrogens (tertiary/aromatic N) is 4. The van der Waals surface area contributed by atoms with Crippen LogP contribution in [0.1, 0.15) is 75.6 Å². The summed E-state index contributed by atoms with van der Waals surface area (Å²) in [5.41, 5.74) is 7.39. The fraction of sp³-hybridized carbons (Fsp3) is 0.206. The molecule has 12 N–H and O–H groups in total. The van der Waals surface area contributed by atoms with E-state index in [2.05, 4.69) is 27.8 Å². The Morgan fingerprint density at radius 2 is 0.791 bits per heavy atom. The zero-order valence-corrected chi connectivity index (χ0v) is 56.0. The molecule has 0 radical (unpaired) electrons. The van der Waals surface area contributed by atoms with Crippen molar-refractivity contribution in [3.63, 3.8) is 0 Å². The standard InChI is InChI=1S/C63H66B4N8O12.4BrH/c1-44(2)60(76)68-28-15-29-70-63(79)59(71-62(78)54-33-52(41-75(43-54)39-50-19-6-10-25-58(50)67(86)87)46-21-14-31-73(35-46)37-48-17-4-8-23-56(48)65(82)83)26-11-12-27-69-61(77)53-32-51(40-74(42-53)38-49-18-5-9-24-57(49)66(84)85)45-20-13-30-72(34-45)36-47-16-3-7-22-55(47)64(80)81;;;;/h3-10,13-14,16-25,30-35,40-43,59,80-87H,1,11-12,15,26-29,36-39H2,2H3;4*1H. The minimum Gasteiger partial charge on any atom is -1.00 e. The monoisotopic (exact) mass is 1490 g/mol. The van der Waals surface area contributed by atoms with Crippen LogP contribution < -0.4 is 129 Å². The third kappa shape index (κ3) is 22.1. The number of halogens is 4. The van der Waals surface area contributed by atoms with Crippen LogP contribution >= 0.6 is 0 Å². The van der Waals surface area contributed by atoms with Crippen molar-refractivity contribution in [1.82, 2.24) is 21.3 Å². The van der Waals surface area contributed by atoms with Gasteiger partial charge in [0.25, 0.3) is 11.8 Å². The van der Waals surface area contributed by atoms with E-state index in [0.29, 0.717) is 92.3 Å². The van der Waals surface area contributed by atoms with Gasteiger partial charge in [0.05, 0.1) is 22.3 Å². The second kappa shape index (κ2) is 37.5. The van der Waals surface area contributed by atoms with Gasteiger partial charge in [0.15, 0.2) is 75.8 Å². The predicted octanol–water partition coefficient (Wildman–Crippen LogP) is -14.0. The van der Waals surface area contributed by atoms with Crippen molar-refractivity contribution < 1.29 is 146 Å². The average molecular weight is 1490 g/mol. The molecule has 0 fully saturated rings. The SMILES string of the molecule is C=C(C)C(=O)NCCCNC(=O)C(CCCCNC(=O)c1cc(-c2ccc[n+](Cc3ccccc3B(O)O)c2)c[n+](Cc2ccccc2B(O)O)c1)NC(=O)c1cc(-c2ccc[n+](Cc3ccccc3B(O)O)c2)c[n+](Cc2ccccc2B(O)O)c1.[Br-].[Br-].[Br-].[Br-]. The number of aromatic nitrogens is 4. The second-order valence-electron chi connectivity index (χ2n) is 21.2. The molecule has 0 aliphatic rings. The predicted molar refractivity (Wildman–Crippen MR) is 329 cm³/mol. The first kappa shape index (κ1) is 76.4. The van der Waals surface area contributed by atoms with Gasteiger partial charge in [-0.15, -0.1) is 0 Å². The fourth-order valence-corrected chi connectivity index (χ4v) is 10.2. The molecule has 0 spiro atoms. The van der Waals surface area contributed by atoms with E-state index in [0.717, 1.165) is 5.56 Å². The summed E-state index contributed by atoms with van der Waals surface area (Å²) in [4.78, 5) is 55.1. The van der Waals surface area contributed by atoms with Gasteiger partial charge in [-0.25, -0.2) is 9.13 Å². The van der Waals surface area contributed by atoms with Crippen molar-refractivity contribution in [1.29, 1.82) is 0 Å². The number of carbonyl (C=O) groups is 4. The molecule has 0 saturated heterocycles. The van der Waals surface area contributed by atoms with Crippen LogP contribution in [0.3, 0.4) is 0 Å². The maximum atomic E-state index is 14.6. The number of benzene rings is 4. The molecule has 0 bridgehead atoms. The van der Waals surface area contributed by atoms with Crippen LogP contribution in [-0.4, -0.2) is 118 Å². The summed E-state index contributed by atoms with van der Waals surface area (Å²) in [5, 5.41) is 92.8. The highest BCUT2D eigenvalue weighted by atomic mass is 79.9. The molecule has 0 aliphatic carbocycles. The minimum absolute atomic E-state index is 0. The number of pyridine rings is 4. The molecule has 0 aliphatic heterocycles. The molecule has 8 rings (SSSR count). The molecule has 1 atom stereocenters. The van der Waals surface area contributed by atoms with Crippen LogP contribution in [0.5, 0.6) is 0 Å². The Hall–Kier alpha value is -7.04. The third-order valence-corrected chi connectivity index (χ3v) is 14.6. The first-order chi connectivity index (χ1) is 41.9. The van der Waals surface area contributed by atoms with Crippen LogP contribution in [0.2, 0.25) is 0 Å². The molecular formula is C63H70B4Br4N8O12. The number of rotatable bonds is 28. The number of hydrogen-bond donors (Lipinski definition) is 12. The third-order valence-electron chi connectivity index (χ3n) is 14.6.